The summed E-state index contributed by atoms with van der Waals surface area (Å²) < 4.78 is 0. The molecule has 1 N–H and O–H groups in total. The molecule has 1 aliphatic carbocycles. The summed E-state index contributed by atoms with van der Waals surface area (Å²) in [5.74, 6) is 0. The zero-order valence-electron chi connectivity index (χ0n) is 4.37. The quantitative estimate of drug-likeness (QED) is 0.485. The van der Waals surface area contributed by atoms with Crippen LogP contribution in [0.1, 0.15) is 0 Å². The number of fused-ring (bicyclic) bond motifs is 1. The number of hydrogen-bond donors (Lipinski definition) is 1. The van der Waals surface area contributed by atoms with Crippen molar-refractivity contribution in [1.82, 2.24) is 5.48 Å². The summed E-state index contributed by atoms with van der Waals surface area (Å²) in [6, 6.07) is 0.444. The van der Waals surface area contributed by atoms with Crippen molar-refractivity contribution in [2.45, 2.75) is 12.1 Å². The summed E-state index contributed by atoms with van der Waals surface area (Å²) in [4.78, 5) is 4.95. The minimum absolute atomic E-state index is 0.306. The fraction of sp³-hybridized carbons (Fsp3) is 0.333. The highest BCUT2D eigenvalue weighted by Crippen LogP contribution is 2.14. The normalized spacial score (nSPS) is 41.0. The second kappa shape index (κ2) is 1.44. The van der Waals surface area contributed by atoms with Gasteiger partial charge < -0.3 is 0 Å². The molecule has 0 aromatic carbocycles. The molecule has 1 heterocycles. The molecular weight excluding hydrogens is 102 g/mol. The van der Waals surface area contributed by atoms with Crippen LogP contribution >= 0.6 is 0 Å². The van der Waals surface area contributed by atoms with Gasteiger partial charge in [-0.15, -0.1) is 0 Å². The van der Waals surface area contributed by atoms with Crippen molar-refractivity contribution in [3.8, 4) is 0 Å². The molecule has 2 rings (SSSR count). The maximum absolute atomic E-state index is 4.95. The summed E-state index contributed by atoms with van der Waals surface area (Å²) in [5.41, 5.74) is 2.81. The summed E-state index contributed by atoms with van der Waals surface area (Å²) >= 11 is 0. The van der Waals surface area contributed by atoms with Crippen molar-refractivity contribution in [2.75, 3.05) is 0 Å². The Bertz CT molecular complexity index is 133. The third kappa shape index (κ3) is 0.441. The topological polar surface area (TPSA) is 21.3 Å². The average Bonchev–Trinajstić information content (AvgIpc) is 1.72. The van der Waals surface area contributed by atoms with Gasteiger partial charge in [0.1, 0.15) is 6.10 Å². The van der Waals surface area contributed by atoms with E-state index in [0.29, 0.717) is 12.1 Å². The number of nitrogens with one attached hydrogen (secondary N) is 1. The van der Waals surface area contributed by atoms with Crippen LogP contribution < -0.4 is 5.48 Å². The minimum Gasteiger partial charge on any atom is -0.292 e. The summed E-state index contributed by atoms with van der Waals surface area (Å²) in [6.45, 7) is 0. The van der Waals surface area contributed by atoms with E-state index in [2.05, 4.69) is 11.6 Å². The van der Waals surface area contributed by atoms with Gasteiger partial charge in [0, 0.05) is 0 Å². The van der Waals surface area contributed by atoms with Crippen LogP contribution in [0.5, 0.6) is 0 Å². The highest BCUT2D eigenvalue weighted by atomic mass is 16.7. The Balaban J connectivity index is 2.17. The lowest BCUT2D eigenvalue weighted by Crippen LogP contribution is -2.53. The van der Waals surface area contributed by atoms with Crippen LogP contribution in [-0.2, 0) is 4.84 Å². The number of hydroxylamine groups is 1. The Morgan fingerprint density at radius 1 is 1.25 bits per heavy atom. The predicted molar refractivity (Wildman–Crippen MR) is 30.1 cm³/mol. The molecule has 1 unspecified atom stereocenters. The van der Waals surface area contributed by atoms with Gasteiger partial charge in [0.25, 0.3) is 0 Å². The molecule has 0 saturated carbocycles. The lowest BCUT2D eigenvalue weighted by molar-refractivity contribution is -0.127. The molecule has 1 aliphatic heterocycles. The maximum atomic E-state index is 4.95. The monoisotopic (exact) mass is 109 g/mol. The number of hydrogen-bond acceptors (Lipinski definition) is 2. The Kier molecular flexibility index (Phi) is 0.771. The van der Waals surface area contributed by atoms with Gasteiger partial charge in [-0.25, -0.2) is 0 Å². The van der Waals surface area contributed by atoms with Crippen molar-refractivity contribution < 1.29 is 4.84 Å². The van der Waals surface area contributed by atoms with E-state index in [0.717, 1.165) is 0 Å². The van der Waals surface area contributed by atoms with E-state index in [1.807, 2.05) is 18.2 Å². The fourth-order valence-corrected chi connectivity index (χ4v) is 0.890. The highest BCUT2D eigenvalue weighted by Gasteiger charge is 2.28. The van der Waals surface area contributed by atoms with Crippen LogP contribution in [0.15, 0.2) is 24.3 Å². The molecule has 0 spiro atoms. The van der Waals surface area contributed by atoms with Crippen LogP contribution in [-0.4, -0.2) is 12.1 Å². The van der Waals surface area contributed by atoms with Crippen molar-refractivity contribution in [2.24, 2.45) is 0 Å². The van der Waals surface area contributed by atoms with Gasteiger partial charge in [0.2, 0.25) is 0 Å². The summed E-state index contributed by atoms with van der Waals surface area (Å²) in [7, 11) is 0. The zero-order chi connectivity index (χ0) is 5.40. The second-order valence-corrected chi connectivity index (χ2v) is 2.00. The zero-order valence-corrected chi connectivity index (χ0v) is 4.37. The summed E-state index contributed by atoms with van der Waals surface area (Å²) in [6.07, 6.45) is 8.47. The predicted octanol–water partition coefficient (Wildman–Crippen LogP) is 0.384. The Morgan fingerprint density at radius 3 is 2.50 bits per heavy atom. The number of rotatable bonds is 0. The molecule has 0 aromatic heterocycles. The lowest BCUT2D eigenvalue weighted by atomic mass is 10.1. The van der Waals surface area contributed by atoms with Gasteiger partial charge in [-0.1, -0.05) is 24.3 Å². The van der Waals surface area contributed by atoms with Gasteiger partial charge in [0.05, 0.1) is 6.04 Å². The van der Waals surface area contributed by atoms with Crippen LogP contribution in [0.25, 0.3) is 0 Å². The smallest absolute Gasteiger partial charge is 0.118 e. The van der Waals surface area contributed by atoms with Crippen molar-refractivity contribution in [3.63, 3.8) is 0 Å². The molecule has 2 atom stereocenters. The molecule has 2 nitrogen and oxygen atoms in total. The van der Waals surface area contributed by atoms with Gasteiger partial charge in [0.15, 0.2) is 0 Å². The van der Waals surface area contributed by atoms with Crippen molar-refractivity contribution >= 4 is 0 Å². The van der Waals surface area contributed by atoms with Gasteiger partial charge in [-0.3, -0.25) is 4.84 Å². The lowest BCUT2D eigenvalue weighted by Gasteiger charge is -2.34. The minimum atomic E-state index is 0.306. The van der Waals surface area contributed by atoms with E-state index in [-0.39, 0.29) is 0 Å². The first-order valence-electron chi connectivity index (χ1n) is 2.73. The first-order valence-corrected chi connectivity index (χ1v) is 2.73. The molecule has 42 valence electrons. The molecule has 0 amide bonds. The van der Waals surface area contributed by atoms with Gasteiger partial charge >= 0.3 is 0 Å². The first-order chi connectivity index (χ1) is 3.97. The Morgan fingerprint density at radius 2 is 2.12 bits per heavy atom. The van der Waals surface area contributed by atoms with E-state index < -0.39 is 0 Å². The molecule has 2 aliphatic rings. The maximum Gasteiger partial charge on any atom is 0.118 e. The SMILES string of the molecule is C1=CC2NO[C@H]2C=C1. The molecule has 2 heteroatoms. The first kappa shape index (κ1) is 4.30. The largest absolute Gasteiger partial charge is 0.292 e. The Hall–Kier alpha value is -0.600. The molecular formula is C6H7NO. The molecule has 0 radical (unpaired) electrons. The fourth-order valence-electron chi connectivity index (χ4n) is 0.890. The Labute approximate surface area is 47.8 Å². The standard InChI is InChI=1S/C6H7NO/c1-2-4-6-5(3-1)7-8-6/h1-7H/t5?,6-/m0/s1. The molecule has 0 bridgehead atoms. The summed E-state index contributed by atoms with van der Waals surface area (Å²) in [5, 5.41) is 0. The third-order valence-electron chi connectivity index (χ3n) is 1.42. The van der Waals surface area contributed by atoms with Gasteiger partial charge in [-0.05, 0) is 0 Å². The van der Waals surface area contributed by atoms with Crippen LogP contribution in [0.2, 0.25) is 0 Å². The highest BCUT2D eigenvalue weighted by molar-refractivity contribution is 5.20. The van der Waals surface area contributed by atoms with E-state index in [9.17, 15) is 0 Å². The number of allylic oxidation sites excluding steroid dienone is 2. The molecule has 0 aromatic rings. The van der Waals surface area contributed by atoms with Crippen LogP contribution in [0.3, 0.4) is 0 Å². The van der Waals surface area contributed by atoms with Crippen LogP contribution in [0.4, 0.5) is 0 Å². The van der Waals surface area contributed by atoms with E-state index in [1.54, 1.807) is 0 Å². The molecule has 1 saturated heterocycles. The van der Waals surface area contributed by atoms with E-state index in [4.69, 9.17) is 4.84 Å². The second-order valence-electron chi connectivity index (χ2n) is 2.00. The van der Waals surface area contributed by atoms with Crippen molar-refractivity contribution in [3.05, 3.63) is 24.3 Å². The van der Waals surface area contributed by atoms with E-state index >= 15 is 0 Å². The third-order valence-corrected chi connectivity index (χ3v) is 1.42. The molecule has 1 fully saturated rings. The van der Waals surface area contributed by atoms with E-state index in [1.165, 1.54) is 0 Å². The van der Waals surface area contributed by atoms with Gasteiger partial charge in [-0.2, -0.15) is 5.48 Å². The van der Waals surface area contributed by atoms with Crippen molar-refractivity contribution in [1.29, 1.82) is 0 Å². The molecule has 8 heavy (non-hydrogen) atoms. The average molecular weight is 109 g/mol. The van der Waals surface area contributed by atoms with Crippen LogP contribution in [0, 0.1) is 0 Å².